The normalized spacial score (nSPS) is 11.7. The second-order valence-electron chi connectivity index (χ2n) is 4.76. The maximum absolute atomic E-state index is 9.12. The Kier molecular flexibility index (Phi) is 3.24. The number of ether oxygens (including phenoxy) is 1. The third-order valence-electron chi connectivity index (χ3n) is 2.31. The van der Waals surface area contributed by atoms with Gasteiger partial charge < -0.3 is 15.6 Å². The van der Waals surface area contributed by atoms with Crippen LogP contribution in [0.1, 0.15) is 13.8 Å². The number of anilines is 1. The van der Waals surface area contributed by atoms with E-state index in [0.29, 0.717) is 29.6 Å². The fraction of sp³-hybridized carbons (Fsp3) is 0.455. The van der Waals surface area contributed by atoms with Crippen molar-refractivity contribution in [2.24, 2.45) is 5.41 Å². The van der Waals surface area contributed by atoms with Crippen LogP contribution in [0, 0.1) is 5.41 Å². The van der Waals surface area contributed by atoms with Gasteiger partial charge in [0.25, 0.3) is 0 Å². The second kappa shape index (κ2) is 4.69. The molecule has 0 radical (unpaired) electrons. The molecule has 0 aromatic carbocycles. The number of fused-ring (bicyclic) bond motifs is 1. The first-order valence-electron chi connectivity index (χ1n) is 5.49. The fourth-order valence-electron chi connectivity index (χ4n) is 1.19. The average Bonchev–Trinajstić information content (AvgIpc) is 2.36. The fourth-order valence-corrected chi connectivity index (χ4v) is 1.19. The van der Waals surface area contributed by atoms with Crippen molar-refractivity contribution in [1.82, 2.24) is 19.9 Å². The molecular weight excluding hydrogens is 234 g/mol. The van der Waals surface area contributed by atoms with E-state index >= 15 is 0 Å². The topological polar surface area (TPSA) is 107 Å². The van der Waals surface area contributed by atoms with Crippen molar-refractivity contribution >= 4 is 17.1 Å². The van der Waals surface area contributed by atoms with Gasteiger partial charge in [-0.1, -0.05) is 13.8 Å². The van der Waals surface area contributed by atoms with Gasteiger partial charge >= 0.3 is 0 Å². The summed E-state index contributed by atoms with van der Waals surface area (Å²) < 4.78 is 5.47. The van der Waals surface area contributed by atoms with E-state index in [2.05, 4.69) is 19.9 Å². The number of aliphatic hydroxyl groups excluding tert-OH is 1. The molecule has 0 saturated carbocycles. The van der Waals surface area contributed by atoms with E-state index in [9.17, 15) is 0 Å². The lowest BCUT2D eigenvalue weighted by Gasteiger charge is -2.20. The minimum absolute atomic E-state index is 0.0321. The average molecular weight is 249 g/mol. The minimum Gasteiger partial charge on any atom is -0.476 e. The SMILES string of the molecule is CC(C)(CO)COc1cnc2nc(N)cnc2n1. The molecule has 2 aromatic rings. The van der Waals surface area contributed by atoms with Crippen molar-refractivity contribution in [2.75, 3.05) is 18.9 Å². The Morgan fingerprint density at radius 1 is 1.22 bits per heavy atom. The van der Waals surface area contributed by atoms with Crippen LogP contribution in [0.2, 0.25) is 0 Å². The smallest absolute Gasteiger partial charge is 0.234 e. The monoisotopic (exact) mass is 249 g/mol. The van der Waals surface area contributed by atoms with Crippen LogP contribution in [-0.4, -0.2) is 38.3 Å². The molecule has 0 saturated heterocycles. The molecule has 18 heavy (non-hydrogen) atoms. The third-order valence-corrected chi connectivity index (χ3v) is 2.31. The zero-order valence-corrected chi connectivity index (χ0v) is 10.3. The lowest BCUT2D eigenvalue weighted by molar-refractivity contribution is 0.0951. The van der Waals surface area contributed by atoms with Crippen LogP contribution in [0.5, 0.6) is 5.88 Å². The molecule has 0 atom stereocenters. The molecule has 2 heterocycles. The molecule has 0 aliphatic rings. The summed E-state index contributed by atoms with van der Waals surface area (Å²) in [4.78, 5) is 16.2. The molecule has 0 bridgehead atoms. The van der Waals surface area contributed by atoms with Crippen LogP contribution in [0.4, 0.5) is 5.82 Å². The maximum Gasteiger partial charge on any atom is 0.234 e. The molecule has 0 aliphatic heterocycles. The predicted octanol–water partition coefficient (Wildman–Crippen LogP) is 0.399. The summed E-state index contributed by atoms with van der Waals surface area (Å²) in [6.45, 7) is 4.15. The van der Waals surface area contributed by atoms with Gasteiger partial charge in [0.15, 0.2) is 5.65 Å². The Labute approximate surface area is 104 Å². The highest BCUT2D eigenvalue weighted by Gasteiger charge is 2.18. The van der Waals surface area contributed by atoms with E-state index in [1.165, 1.54) is 12.4 Å². The zero-order chi connectivity index (χ0) is 13.2. The first-order valence-corrected chi connectivity index (χ1v) is 5.49. The maximum atomic E-state index is 9.12. The Morgan fingerprint density at radius 3 is 2.61 bits per heavy atom. The van der Waals surface area contributed by atoms with Gasteiger partial charge in [-0.3, -0.25) is 0 Å². The van der Waals surface area contributed by atoms with Gasteiger partial charge in [0.05, 0.1) is 25.6 Å². The number of rotatable bonds is 4. The molecule has 0 aliphatic carbocycles. The van der Waals surface area contributed by atoms with E-state index < -0.39 is 0 Å². The van der Waals surface area contributed by atoms with Crippen molar-refractivity contribution < 1.29 is 9.84 Å². The predicted molar refractivity (Wildman–Crippen MR) is 65.9 cm³/mol. The molecule has 0 fully saturated rings. The van der Waals surface area contributed by atoms with Gasteiger partial charge in [-0.05, 0) is 0 Å². The highest BCUT2D eigenvalue weighted by Crippen LogP contribution is 2.17. The number of hydrogen-bond donors (Lipinski definition) is 2. The van der Waals surface area contributed by atoms with Crippen molar-refractivity contribution in [3.63, 3.8) is 0 Å². The Hall–Kier alpha value is -2.02. The summed E-state index contributed by atoms with van der Waals surface area (Å²) in [7, 11) is 0. The summed E-state index contributed by atoms with van der Waals surface area (Å²) in [5.41, 5.74) is 5.92. The van der Waals surface area contributed by atoms with Crippen molar-refractivity contribution in [3.8, 4) is 5.88 Å². The lowest BCUT2D eigenvalue weighted by Crippen LogP contribution is -2.25. The number of nitrogens with zero attached hydrogens (tertiary/aromatic N) is 4. The summed E-state index contributed by atoms with van der Waals surface area (Å²) in [5, 5.41) is 9.12. The lowest BCUT2D eigenvalue weighted by atomic mass is 9.97. The number of aliphatic hydroxyl groups is 1. The molecule has 3 N–H and O–H groups in total. The number of nitrogens with two attached hydrogens (primary N) is 1. The molecule has 2 aromatic heterocycles. The highest BCUT2D eigenvalue weighted by atomic mass is 16.5. The van der Waals surface area contributed by atoms with Crippen LogP contribution in [-0.2, 0) is 0 Å². The minimum atomic E-state index is -0.330. The van der Waals surface area contributed by atoms with Gasteiger partial charge in [-0.15, -0.1) is 0 Å². The van der Waals surface area contributed by atoms with Gasteiger partial charge in [0.1, 0.15) is 5.82 Å². The van der Waals surface area contributed by atoms with Gasteiger partial charge in [-0.2, -0.15) is 4.98 Å². The Morgan fingerprint density at radius 2 is 1.89 bits per heavy atom. The van der Waals surface area contributed by atoms with Gasteiger partial charge in [-0.25, -0.2) is 15.0 Å². The van der Waals surface area contributed by atoms with Crippen LogP contribution in [0.25, 0.3) is 11.3 Å². The molecular formula is C11H15N5O2. The summed E-state index contributed by atoms with van der Waals surface area (Å²) in [5.74, 6) is 0.648. The van der Waals surface area contributed by atoms with Crippen molar-refractivity contribution in [2.45, 2.75) is 13.8 Å². The first-order chi connectivity index (χ1) is 8.50. The molecule has 0 amide bonds. The van der Waals surface area contributed by atoms with E-state index in [0.717, 1.165) is 0 Å². The van der Waals surface area contributed by atoms with Gasteiger partial charge in [0, 0.05) is 5.41 Å². The van der Waals surface area contributed by atoms with E-state index in [1.807, 2.05) is 13.8 Å². The summed E-state index contributed by atoms with van der Waals surface area (Å²) in [6.07, 6.45) is 2.88. The molecule has 0 spiro atoms. The molecule has 2 rings (SSSR count). The Balaban J connectivity index is 2.18. The molecule has 0 unspecified atom stereocenters. The Bertz CT molecular complexity index is 558. The largest absolute Gasteiger partial charge is 0.476 e. The standard InChI is InChI=1S/C11H15N5O2/c1-11(2,5-17)6-18-8-4-14-9-10(16-8)13-3-7(12)15-9/h3-4,17H,5-6H2,1-2H3,(H2,12,14,15). The van der Waals surface area contributed by atoms with E-state index in [-0.39, 0.29) is 12.0 Å². The van der Waals surface area contributed by atoms with Crippen LogP contribution >= 0.6 is 0 Å². The van der Waals surface area contributed by atoms with Crippen molar-refractivity contribution in [3.05, 3.63) is 12.4 Å². The first kappa shape index (κ1) is 12.4. The number of nitrogen functional groups attached to an aromatic ring is 1. The summed E-state index contributed by atoms with van der Waals surface area (Å²) in [6, 6.07) is 0. The second-order valence-corrected chi connectivity index (χ2v) is 4.76. The molecule has 96 valence electrons. The highest BCUT2D eigenvalue weighted by molar-refractivity contribution is 5.66. The summed E-state index contributed by atoms with van der Waals surface area (Å²) >= 11 is 0. The number of aromatic nitrogens is 4. The van der Waals surface area contributed by atoms with Crippen LogP contribution in [0.15, 0.2) is 12.4 Å². The quantitative estimate of drug-likeness (QED) is 0.807. The third kappa shape index (κ3) is 2.80. The van der Waals surface area contributed by atoms with Crippen molar-refractivity contribution in [1.29, 1.82) is 0 Å². The molecule has 7 nitrogen and oxygen atoms in total. The number of hydrogen-bond acceptors (Lipinski definition) is 7. The zero-order valence-electron chi connectivity index (χ0n) is 10.3. The van der Waals surface area contributed by atoms with Crippen LogP contribution in [0.3, 0.4) is 0 Å². The van der Waals surface area contributed by atoms with Gasteiger partial charge in [0.2, 0.25) is 11.5 Å². The molecule has 7 heteroatoms. The van der Waals surface area contributed by atoms with Crippen LogP contribution < -0.4 is 10.5 Å². The van der Waals surface area contributed by atoms with E-state index in [4.69, 9.17) is 15.6 Å². The van der Waals surface area contributed by atoms with E-state index in [1.54, 1.807) is 0 Å².